The van der Waals surface area contributed by atoms with Crippen molar-refractivity contribution in [3.05, 3.63) is 68.8 Å². The molecular weight excluding hydrogens is 423 g/mol. The average Bonchev–Trinajstić information content (AvgIpc) is 3.38. The molecule has 3 aromatic rings. The second kappa shape index (κ2) is 5.70. The van der Waals surface area contributed by atoms with E-state index < -0.39 is 0 Å². The maximum Gasteiger partial charge on any atom is 0.0659 e. The Balaban J connectivity index is 1.90. The number of fused-ring (bicyclic) bond motifs is 8. The molecule has 2 aliphatic heterocycles. The molecule has 0 spiro atoms. The van der Waals surface area contributed by atoms with Crippen LogP contribution < -0.4 is 0 Å². The Hall–Kier alpha value is -2.67. The van der Waals surface area contributed by atoms with E-state index in [1.54, 1.807) is 0 Å². The summed E-state index contributed by atoms with van der Waals surface area (Å²) in [6.07, 6.45) is 7.93. The third kappa shape index (κ3) is 2.91. The highest BCUT2D eigenvalue weighted by Crippen LogP contribution is 2.20. The van der Waals surface area contributed by atoms with Crippen LogP contribution in [0.1, 0.15) is 24.1 Å². The number of H-pyrrole nitrogens is 2. The summed E-state index contributed by atoms with van der Waals surface area (Å²) in [7, 11) is 0. The standard InChI is InChI=1S/C20H13IN4/c21-19-10-18-9-16-4-3-14(23-16)7-12-1-2-13(22-12)8-15-5-6-17(24-15)11-20(19)25-18/h1-11,23,25H/i10D. The fourth-order valence-corrected chi connectivity index (χ4v) is 3.49. The van der Waals surface area contributed by atoms with Gasteiger partial charge in [0.1, 0.15) is 0 Å². The van der Waals surface area contributed by atoms with E-state index in [1.807, 2.05) is 60.7 Å². The third-order valence-electron chi connectivity index (χ3n) is 4.04. The molecule has 3 aromatic heterocycles. The number of hydrogen-bond donors (Lipinski definition) is 2. The summed E-state index contributed by atoms with van der Waals surface area (Å²) in [6, 6.07) is 12.4. The van der Waals surface area contributed by atoms with E-state index in [0.717, 1.165) is 48.4 Å². The number of halogens is 1. The van der Waals surface area contributed by atoms with E-state index in [0.29, 0.717) is 6.04 Å². The van der Waals surface area contributed by atoms with Crippen molar-refractivity contribution in [3.63, 3.8) is 0 Å². The Morgan fingerprint density at radius 1 is 0.720 bits per heavy atom. The van der Waals surface area contributed by atoms with Crippen molar-refractivity contribution in [2.45, 2.75) is 0 Å². The highest BCUT2D eigenvalue weighted by Gasteiger charge is 2.03. The fraction of sp³-hybridized carbons (Fsp3) is 0. The minimum atomic E-state index is 0.488. The molecule has 2 N–H and O–H groups in total. The van der Waals surface area contributed by atoms with Gasteiger partial charge in [-0.05, 0) is 89.3 Å². The number of aromatic nitrogens is 4. The van der Waals surface area contributed by atoms with Gasteiger partial charge in [0.15, 0.2) is 0 Å². The molecule has 120 valence electrons. The Labute approximate surface area is 158 Å². The third-order valence-corrected chi connectivity index (χ3v) is 4.89. The minimum absolute atomic E-state index is 0.488. The molecule has 0 fully saturated rings. The largest absolute Gasteiger partial charge is 0.355 e. The predicted molar refractivity (Wildman–Crippen MR) is 112 cm³/mol. The lowest BCUT2D eigenvalue weighted by Crippen LogP contribution is -1.77. The SMILES string of the molecule is [2H]c1c(I)c2cc3nc(cc4nc(cc5ccc(cc1[nH]2)[nH]5)C=C4)C=C3. The molecule has 25 heavy (non-hydrogen) atoms. The molecule has 2 aliphatic rings. The van der Waals surface area contributed by atoms with Crippen LogP contribution in [0.15, 0.2) is 42.4 Å². The first-order valence-corrected chi connectivity index (χ1v) is 8.95. The van der Waals surface area contributed by atoms with Gasteiger partial charge < -0.3 is 9.97 Å². The van der Waals surface area contributed by atoms with Crippen molar-refractivity contribution >= 4 is 69.0 Å². The number of rotatable bonds is 0. The van der Waals surface area contributed by atoms with Crippen molar-refractivity contribution in [1.82, 2.24) is 19.9 Å². The van der Waals surface area contributed by atoms with E-state index >= 15 is 0 Å². The van der Waals surface area contributed by atoms with Crippen LogP contribution in [0.3, 0.4) is 0 Å². The van der Waals surface area contributed by atoms with Crippen LogP contribution in [0.2, 0.25) is 0 Å². The van der Waals surface area contributed by atoms with Crippen molar-refractivity contribution in [3.8, 4) is 0 Å². The highest BCUT2D eigenvalue weighted by atomic mass is 127. The highest BCUT2D eigenvalue weighted by molar-refractivity contribution is 14.1. The van der Waals surface area contributed by atoms with E-state index in [4.69, 9.17) is 1.37 Å². The summed E-state index contributed by atoms with van der Waals surface area (Å²) in [5.74, 6) is 0. The van der Waals surface area contributed by atoms with Gasteiger partial charge in [0.25, 0.3) is 0 Å². The van der Waals surface area contributed by atoms with Crippen LogP contribution >= 0.6 is 22.6 Å². The van der Waals surface area contributed by atoms with Gasteiger partial charge in [0.05, 0.1) is 29.7 Å². The van der Waals surface area contributed by atoms with Gasteiger partial charge in [-0.15, -0.1) is 0 Å². The molecule has 0 atom stereocenters. The van der Waals surface area contributed by atoms with Crippen molar-refractivity contribution in [1.29, 1.82) is 0 Å². The molecule has 0 aliphatic carbocycles. The summed E-state index contributed by atoms with van der Waals surface area (Å²) < 4.78 is 9.25. The van der Waals surface area contributed by atoms with Crippen LogP contribution in [0.5, 0.6) is 0 Å². The molecular formula is C20H13IN4. The lowest BCUT2D eigenvalue weighted by atomic mass is 10.3. The molecule has 8 bridgehead atoms. The molecule has 5 heterocycles. The minimum Gasteiger partial charge on any atom is -0.355 e. The smallest absolute Gasteiger partial charge is 0.0659 e. The van der Waals surface area contributed by atoms with Crippen LogP contribution in [0.4, 0.5) is 0 Å². The second-order valence-electron chi connectivity index (χ2n) is 5.93. The molecule has 0 saturated heterocycles. The van der Waals surface area contributed by atoms with Gasteiger partial charge in [-0.2, -0.15) is 0 Å². The Morgan fingerprint density at radius 3 is 2.04 bits per heavy atom. The topological polar surface area (TPSA) is 57.4 Å². The molecule has 0 amide bonds. The predicted octanol–water partition coefficient (Wildman–Crippen LogP) is 5.26. The van der Waals surface area contributed by atoms with Crippen LogP contribution in [-0.2, 0) is 0 Å². The Morgan fingerprint density at radius 2 is 1.32 bits per heavy atom. The first kappa shape index (κ1) is 13.6. The quantitative estimate of drug-likeness (QED) is 0.325. The average molecular weight is 437 g/mol. The molecule has 0 aromatic carbocycles. The number of nitrogens with one attached hydrogen (secondary N) is 2. The lowest BCUT2D eigenvalue weighted by Gasteiger charge is -1.86. The van der Waals surface area contributed by atoms with E-state index in [-0.39, 0.29) is 0 Å². The normalized spacial score (nSPS) is 13.2. The van der Waals surface area contributed by atoms with Gasteiger partial charge >= 0.3 is 0 Å². The van der Waals surface area contributed by atoms with Gasteiger partial charge in [-0.3, -0.25) is 0 Å². The van der Waals surface area contributed by atoms with Crippen LogP contribution in [-0.4, -0.2) is 19.9 Å². The first-order chi connectivity index (χ1) is 12.6. The first-order valence-electron chi connectivity index (χ1n) is 8.37. The Kier molecular flexibility index (Phi) is 3.10. The monoisotopic (exact) mass is 437 g/mol. The van der Waals surface area contributed by atoms with Crippen molar-refractivity contribution in [2.75, 3.05) is 0 Å². The molecule has 5 heteroatoms. The van der Waals surface area contributed by atoms with Gasteiger partial charge in [-0.25, -0.2) is 9.97 Å². The molecule has 4 nitrogen and oxygen atoms in total. The molecule has 0 unspecified atom stereocenters. The van der Waals surface area contributed by atoms with E-state index in [2.05, 4.69) is 42.5 Å². The van der Waals surface area contributed by atoms with Crippen LogP contribution in [0, 0.1) is 3.57 Å². The maximum atomic E-state index is 8.37. The fourth-order valence-electron chi connectivity index (χ4n) is 2.91. The molecule has 0 radical (unpaired) electrons. The number of aromatic amines is 2. The zero-order valence-corrected chi connectivity index (χ0v) is 15.2. The summed E-state index contributed by atoms with van der Waals surface area (Å²) in [5, 5.41) is 0. The summed E-state index contributed by atoms with van der Waals surface area (Å²) in [4.78, 5) is 15.9. The van der Waals surface area contributed by atoms with Crippen molar-refractivity contribution < 1.29 is 1.37 Å². The van der Waals surface area contributed by atoms with Crippen molar-refractivity contribution in [2.24, 2.45) is 0 Å². The number of hydrogen-bond acceptors (Lipinski definition) is 2. The maximum absolute atomic E-state index is 8.37. The van der Waals surface area contributed by atoms with Crippen LogP contribution in [0.25, 0.3) is 46.4 Å². The molecule has 0 saturated carbocycles. The Bertz CT molecular complexity index is 1260. The zero-order chi connectivity index (χ0) is 17.7. The summed E-state index contributed by atoms with van der Waals surface area (Å²) >= 11 is 2.20. The van der Waals surface area contributed by atoms with E-state index in [1.165, 1.54) is 0 Å². The van der Waals surface area contributed by atoms with E-state index in [9.17, 15) is 0 Å². The summed E-state index contributed by atoms with van der Waals surface area (Å²) in [5.41, 5.74) is 7.09. The summed E-state index contributed by atoms with van der Waals surface area (Å²) in [6.45, 7) is 0. The van der Waals surface area contributed by atoms with Gasteiger partial charge in [0, 0.05) is 20.1 Å². The zero-order valence-electron chi connectivity index (χ0n) is 14.0. The second-order valence-corrected chi connectivity index (χ2v) is 7.01. The van der Waals surface area contributed by atoms with Gasteiger partial charge in [0.2, 0.25) is 0 Å². The lowest BCUT2D eigenvalue weighted by molar-refractivity contribution is 1.28. The van der Waals surface area contributed by atoms with Gasteiger partial charge in [-0.1, -0.05) is 0 Å². The molecule has 5 rings (SSSR count). The number of nitrogens with zero attached hydrogens (tertiary/aromatic N) is 2.